The molecule has 0 aromatic rings. The lowest BCUT2D eigenvalue weighted by atomic mass is 10.2. The Morgan fingerprint density at radius 3 is 2.61 bits per heavy atom. The number of rotatable bonds is 6. The largest absolute Gasteiger partial charge is 0.481 e. The Kier molecular flexibility index (Phi) is 5.55. The number of carbonyl (C=O) groups is 2. The van der Waals surface area contributed by atoms with Crippen LogP contribution in [-0.2, 0) is 19.1 Å². The monoisotopic (exact) mass is 259 g/mol. The van der Waals surface area contributed by atoms with E-state index in [2.05, 4.69) is 0 Å². The molecule has 6 nitrogen and oxygen atoms in total. The minimum atomic E-state index is -0.877. The predicted octanol–water partition coefficient (Wildman–Crippen LogP) is 0.502. The summed E-state index contributed by atoms with van der Waals surface area (Å²) in [4.78, 5) is 24.1. The highest BCUT2D eigenvalue weighted by Gasteiger charge is 2.39. The molecule has 1 aliphatic rings. The molecule has 18 heavy (non-hydrogen) atoms. The van der Waals surface area contributed by atoms with Gasteiger partial charge in [-0.3, -0.25) is 14.5 Å². The molecule has 6 heteroatoms. The molecular weight excluding hydrogens is 238 g/mol. The third-order valence-corrected chi connectivity index (χ3v) is 3.11. The Balaban J connectivity index is 2.50. The maximum absolute atomic E-state index is 11.6. The van der Waals surface area contributed by atoms with E-state index in [4.69, 9.17) is 14.6 Å². The van der Waals surface area contributed by atoms with Gasteiger partial charge in [0.05, 0.1) is 26.2 Å². The van der Waals surface area contributed by atoms with Crippen LogP contribution in [0.3, 0.4) is 0 Å². The van der Waals surface area contributed by atoms with E-state index in [9.17, 15) is 9.59 Å². The second kappa shape index (κ2) is 6.70. The highest BCUT2D eigenvalue weighted by Crippen LogP contribution is 2.23. The topological polar surface area (TPSA) is 76.1 Å². The SMILES string of the molecule is COC(=O)[C@@H]1C[C@H](OCCC(=O)O)CN1C(C)C. The first kappa shape index (κ1) is 14.9. The Morgan fingerprint density at radius 2 is 2.11 bits per heavy atom. The molecule has 2 atom stereocenters. The number of carboxylic acid groups (broad SMARTS) is 1. The minimum Gasteiger partial charge on any atom is -0.481 e. The smallest absolute Gasteiger partial charge is 0.323 e. The highest BCUT2D eigenvalue weighted by molar-refractivity contribution is 5.76. The van der Waals surface area contributed by atoms with Crippen LogP contribution >= 0.6 is 0 Å². The normalized spacial score (nSPS) is 24.4. The lowest BCUT2D eigenvalue weighted by molar-refractivity contribution is -0.146. The molecule has 1 saturated heterocycles. The third-order valence-electron chi connectivity index (χ3n) is 3.11. The van der Waals surface area contributed by atoms with Crippen LogP contribution in [0, 0.1) is 0 Å². The molecule has 0 saturated carbocycles. The van der Waals surface area contributed by atoms with Crippen molar-refractivity contribution in [3.05, 3.63) is 0 Å². The number of ether oxygens (including phenoxy) is 2. The molecule has 0 radical (unpaired) electrons. The zero-order valence-corrected chi connectivity index (χ0v) is 11.1. The fraction of sp³-hybridized carbons (Fsp3) is 0.833. The number of esters is 1. The van der Waals surface area contributed by atoms with Crippen molar-refractivity contribution in [1.82, 2.24) is 4.90 Å². The molecule has 1 N–H and O–H groups in total. The number of carbonyl (C=O) groups excluding carboxylic acids is 1. The van der Waals surface area contributed by atoms with Crippen molar-refractivity contribution in [2.75, 3.05) is 20.3 Å². The van der Waals surface area contributed by atoms with Crippen molar-refractivity contribution in [1.29, 1.82) is 0 Å². The first-order valence-corrected chi connectivity index (χ1v) is 6.12. The molecule has 104 valence electrons. The first-order chi connectivity index (χ1) is 8.45. The van der Waals surface area contributed by atoms with Gasteiger partial charge in [-0.1, -0.05) is 0 Å². The van der Waals surface area contributed by atoms with Crippen LogP contribution in [0.1, 0.15) is 26.7 Å². The Labute approximate surface area is 107 Å². The molecule has 0 aromatic carbocycles. The van der Waals surface area contributed by atoms with Gasteiger partial charge in [-0.25, -0.2) is 0 Å². The molecular formula is C12H21NO5. The van der Waals surface area contributed by atoms with E-state index in [0.29, 0.717) is 13.0 Å². The highest BCUT2D eigenvalue weighted by atomic mass is 16.5. The molecule has 0 amide bonds. The second-order valence-electron chi connectivity index (χ2n) is 4.70. The molecule has 0 spiro atoms. The quantitative estimate of drug-likeness (QED) is 0.700. The maximum atomic E-state index is 11.6. The summed E-state index contributed by atoms with van der Waals surface area (Å²) in [6.07, 6.45) is 0.446. The lowest BCUT2D eigenvalue weighted by Gasteiger charge is -2.25. The zero-order valence-electron chi connectivity index (χ0n) is 11.1. The van der Waals surface area contributed by atoms with Crippen LogP contribution in [-0.4, -0.2) is 60.4 Å². The zero-order chi connectivity index (χ0) is 13.7. The lowest BCUT2D eigenvalue weighted by Crippen LogP contribution is -2.41. The number of methoxy groups -OCH3 is 1. The van der Waals surface area contributed by atoms with Crippen molar-refractivity contribution in [2.45, 2.75) is 44.9 Å². The summed E-state index contributed by atoms with van der Waals surface area (Å²) < 4.78 is 10.3. The molecule has 1 rings (SSSR count). The van der Waals surface area contributed by atoms with Crippen LogP contribution in [0.5, 0.6) is 0 Å². The van der Waals surface area contributed by atoms with Crippen LogP contribution < -0.4 is 0 Å². The number of hydrogen-bond donors (Lipinski definition) is 1. The van der Waals surface area contributed by atoms with Gasteiger partial charge < -0.3 is 14.6 Å². The van der Waals surface area contributed by atoms with E-state index in [1.165, 1.54) is 7.11 Å². The van der Waals surface area contributed by atoms with Gasteiger partial charge in [0.2, 0.25) is 0 Å². The molecule has 0 aliphatic carbocycles. The Bertz CT molecular complexity index is 305. The standard InChI is InChI=1S/C12H21NO5/c1-8(2)13-7-9(18-5-4-11(14)15)6-10(13)12(16)17-3/h8-10H,4-7H2,1-3H3,(H,14,15)/t9-,10-/m0/s1. The number of nitrogens with zero attached hydrogens (tertiary/aromatic N) is 1. The molecule has 0 bridgehead atoms. The average molecular weight is 259 g/mol. The van der Waals surface area contributed by atoms with Crippen molar-refractivity contribution >= 4 is 11.9 Å². The summed E-state index contributed by atoms with van der Waals surface area (Å²) in [6, 6.07) is -0.0630. The van der Waals surface area contributed by atoms with Crippen molar-refractivity contribution in [3.63, 3.8) is 0 Å². The fourth-order valence-electron chi connectivity index (χ4n) is 2.19. The van der Waals surface area contributed by atoms with Gasteiger partial charge in [0.25, 0.3) is 0 Å². The number of aliphatic carboxylic acids is 1. The van der Waals surface area contributed by atoms with E-state index < -0.39 is 5.97 Å². The van der Waals surface area contributed by atoms with Gasteiger partial charge in [0, 0.05) is 19.0 Å². The van der Waals surface area contributed by atoms with Crippen molar-refractivity contribution in [3.8, 4) is 0 Å². The van der Waals surface area contributed by atoms with Crippen LogP contribution in [0.25, 0.3) is 0 Å². The Morgan fingerprint density at radius 1 is 1.44 bits per heavy atom. The van der Waals surface area contributed by atoms with Gasteiger partial charge in [-0.05, 0) is 13.8 Å². The summed E-state index contributed by atoms with van der Waals surface area (Å²) >= 11 is 0. The summed E-state index contributed by atoms with van der Waals surface area (Å²) in [5.74, 6) is -1.13. The summed E-state index contributed by atoms with van der Waals surface area (Å²) in [5.41, 5.74) is 0. The average Bonchev–Trinajstić information content (AvgIpc) is 2.72. The number of carboxylic acids is 1. The van der Waals surface area contributed by atoms with Gasteiger partial charge in [-0.2, -0.15) is 0 Å². The van der Waals surface area contributed by atoms with Gasteiger partial charge in [0.15, 0.2) is 0 Å². The van der Waals surface area contributed by atoms with E-state index in [-0.39, 0.29) is 37.2 Å². The van der Waals surface area contributed by atoms with E-state index in [0.717, 1.165) is 0 Å². The van der Waals surface area contributed by atoms with Crippen molar-refractivity contribution < 1.29 is 24.2 Å². The molecule has 0 aromatic heterocycles. The predicted molar refractivity (Wildman–Crippen MR) is 64.3 cm³/mol. The third kappa shape index (κ3) is 3.96. The minimum absolute atomic E-state index is 0.0128. The molecule has 0 unspecified atom stereocenters. The number of hydrogen-bond acceptors (Lipinski definition) is 5. The molecule has 1 heterocycles. The van der Waals surface area contributed by atoms with Gasteiger partial charge in [-0.15, -0.1) is 0 Å². The second-order valence-corrected chi connectivity index (χ2v) is 4.70. The van der Waals surface area contributed by atoms with E-state index >= 15 is 0 Å². The van der Waals surface area contributed by atoms with Gasteiger partial charge >= 0.3 is 11.9 Å². The summed E-state index contributed by atoms with van der Waals surface area (Å²) in [5, 5.41) is 8.54. The first-order valence-electron chi connectivity index (χ1n) is 6.12. The molecule has 1 aliphatic heterocycles. The van der Waals surface area contributed by atoms with Gasteiger partial charge in [0.1, 0.15) is 6.04 Å². The Hall–Kier alpha value is -1.14. The maximum Gasteiger partial charge on any atom is 0.323 e. The van der Waals surface area contributed by atoms with Crippen LogP contribution in [0.15, 0.2) is 0 Å². The van der Waals surface area contributed by atoms with Crippen molar-refractivity contribution in [2.24, 2.45) is 0 Å². The van der Waals surface area contributed by atoms with Crippen LogP contribution in [0.4, 0.5) is 0 Å². The number of likely N-dealkylation sites (tertiary alicyclic amines) is 1. The summed E-state index contributed by atoms with van der Waals surface area (Å²) in [6.45, 7) is 4.84. The van der Waals surface area contributed by atoms with Crippen LogP contribution in [0.2, 0.25) is 0 Å². The molecule has 1 fully saturated rings. The fourth-order valence-corrected chi connectivity index (χ4v) is 2.19. The van der Waals surface area contributed by atoms with E-state index in [1.807, 2.05) is 18.7 Å². The summed E-state index contributed by atoms with van der Waals surface area (Å²) in [7, 11) is 1.37. The van der Waals surface area contributed by atoms with E-state index in [1.54, 1.807) is 0 Å².